The third-order valence-electron chi connectivity index (χ3n) is 2.60. The number of methoxy groups -OCH3 is 1. The average molecular weight is 159 g/mol. The van der Waals surface area contributed by atoms with E-state index in [-0.39, 0.29) is 5.41 Å². The van der Waals surface area contributed by atoms with Crippen molar-refractivity contribution < 1.29 is 9.57 Å². The predicted octanol–water partition coefficient (Wildman–Crippen LogP) is 1.08. The molecule has 2 N–H and O–H groups in total. The highest BCUT2D eigenvalue weighted by Crippen LogP contribution is 2.50. The zero-order valence-corrected chi connectivity index (χ0v) is 7.30. The minimum Gasteiger partial charge on any atom is -0.381 e. The molecule has 1 aliphatic carbocycles. The molecule has 1 saturated carbocycles. The Kier molecular flexibility index (Phi) is 2.87. The van der Waals surface area contributed by atoms with Gasteiger partial charge in [0.15, 0.2) is 0 Å². The molecule has 1 fully saturated rings. The molecule has 0 amide bonds. The third-order valence-corrected chi connectivity index (χ3v) is 2.60. The normalized spacial score (nSPS) is 23.2. The van der Waals surface area contributed by atoms with Crippen molar-refractivity contribution in [2.45, 2.75) is 32.3 Å². The maximum Gasteiger partial charge on any atom is 0.0760 e. The fourth-order valence-corrected chi connectivity index (χ4v) is 1.74. The van der Waals surface area contributed by atoms with Crippen LogP contribution in [0.1, 0.15) is 26.2 Å². The van der Waals surface area contributed by atoms with E-state index in [1.165, 1.54) is 12.8 Å². The zero-order chi connectivity index (χ0) is 8.32. The monoisotopic (exact) mass is 159 g/mol. The molecule has 3 heteroatoms. The van der Waals surface area contributed by atoms with Crippen molar-refractivity contribution in [2.75, 3.05) is 13.7 Å². The van der Waals surface area contributed by atoms with Gasteiger partial charge in [0, 0.05) is 12.5 Å². The summed E-state index contributed by atoms with van der Waals surface area (Å²) in [6, 6.07) is 0. The Balaban J connectivity index is 2.41. The Bertz CT molecular complexity index is 119. The molecule has 0 aliphatic heterocycles. The number of rotatable bonds is 5. The van der Waals surface area contributed by atoms with E-state index in [2.05, 4.69) is 11.8 Å². The Labute approximate surface area is 67.8 Å². The van der Waals surface area contributed by atoms with Gasteiger partial charge in [0.25, 0.3) is 0 Å². The van der Waals surface area contributed by atoms with Crippen LogP contribution < -0.4 is 5.90 Å². The lowest BCUT2D eigenvalue weighted by Crippen LogP contribution is -2.29. The van der Waals surface area contributed by atoms with Crippen LogP contribution in [0.3, 0.4) is 0 Å². The van der Waals surface area contributed by atoms with Crippen LogP contribution in [0.15, 0.2) is 0 Å². The molecule has 1 aliphatic rings. The highest BCUT2D eigenvalue weighted by molar-refractivity contribution is 4.98. The first-order valence-corrected chi connectivity index (χ1v) is 4.13. The molecule has 3 nitrogen and oxygen atoms in total. The summed E-state index contributed by atoms with van der Waals surface area (Å²) in [5.41, 5.74) is 0.248. The molecule has 0 saturated heterocycles. The number of nitrogens with two attached hydrogens (primary N) is 1. The first-order valence-electron chi connectivity index (χ1n) is 4.13. The molecular weight excluding hydrogens is 142 g/mol. The molecule has 0 aromatic rings. The fourth-order valence-electron chi connectivity index (χ4n) is 1.74. The van der Waals surface area contributed by atoms with Gasteiger partial charge in [0.2, 0.25) is 0 Å². The standard InChI is InChI=1S/C8H17NO2/c1-3-7(10-2)8(4-5-8)6-11-9/h7H,3-6,9H2,1-2H3. The lowest BCUT2D eigenvalue weighted by Gasteiger charge is -2.23. The van der Waals surface area contributed by atoms with Crippen LogP contribution in [0.4, 0.5) is 0 Å². The van der Waals surface area contributed by atoms with Crippen molar-refractivity contribution >= 4 is 0 Å². The van der Waals surface area contributed by atoms with Crippen LogP contribution in [0.2, 0.25) is 0 Å². The van der Waals surface area contributed by atoms with Crippen molar-refractivity contribution in [3.05, 3.63) is 0 Å². The van der Waals surface area contributed by atoms with Gasteiger partial charge in [-0.2, -0.15) is 0 Å². The summed E-state index contributed by atoms with van der Waals surface area (Å²) < 4.78 is 5.34. The molecule has 0 heterocycles. The molecule has 0 spiro atoms. The van der Waals surface area contributed by atoms with E-state index in [1.54, 1.807) is 7.11 Å². The molecule has 11 heavy (non-hydrogen) atoms. The summed E-state index contributed by atoms with van der Waals surface area (Å²) in [5, 5.41) is 0. The maximum atomic E-state index is 5.34. The second-order valence-corrected chi connectivity index (χ2v) is 3.31. The molecule has 0 bridgehead atoms. The molecule has 0 aromatic carbocycles. The van der Waals surface area contributed by atoms with E-state index in [0.717, 1.165) is 6.42 Å². The van der Waals surface area contributed by atoms with Gasteiger partial charge >= 0.3 is 0 Å². The van der Waals surface area contributed by atoms with Crippen molar-refractivity contribution in [3.8, 4) is 0 Å². The molecule has 66 valence electrons. The third kappa shape index (κ3) is 1.72. The van der Waals surface area contributed by atoms with Crippen molar-refractivity contribution in [3.63, 3.8) is 0 Å². The Morgan fingerprint density at radius 2 is 2.18 bits per heavy atom. The maximum absolute atomic E-state index is 5.34. The summed E-state index contributed by atoms with van der Waals surface area (Å²) in [7, 11) is 1.75. The van der Waals surface area contributed by atoms with Gasteiger partial charge in [-0.15, -0.1) is 0 Å². The summed E-state index contributed by atoms with van der Waals surface area (Å²) in [5.74, 6) is 5.05. The fraction of sp³-hybridized carbons (Fsp3) is 1.00. The van der Waals surface area contributed by atoms with E-state index in [0.29, 0.717) is 12.7 Å². The van der Waals surface area contributed by atoms with E-state index in [4.69, 9.17) is 10.6 Å². The Morgan fingerprint density at radius 3 is 2.45 bits per heavy atom. The van der Waals surface area contributed by atoms with Gasteiger partial charge in [-0.1, -0.05) is 6.92 Å². The minimum atomic E-state index is 0.248. The quantitative estimate of drug-likeness (QED) is 0.610. The summed E-state index contributed by atoms with van der Waals surface area (Å²) >= 11 is 0. The smallest absolute Gasteiger partial charge is 0.0760 e. The number of hydrogen-bond donors (Lipinski definition) is 1. The lowest BCUT2D eigenvalue weighted by molar-refractivity contribution is -0.0146. The first kappa shape index (κ1) is 8.97. The van der Waals surface area contributed by atoms with Gasteiger partial charge in [-0.05, 0) is 19.3 Å². The largest absolute Gasteiger partial charge is 0.381 e. The first-order chi connectivity index (χ1) is 5.29. The number of ether oxygens (including phenoxy) is 1. The van der Waals surface area contributed by atoms with Crippen molar-refractivity contribution in [2.24, 2.45) is 11.3 Å². The molecule has 0 aromatic heterocycles. The molecule has 1 atom stereocenters. The van der Waals surface area contributed by atoms with Gasteiger partial charge < -0.3 is 9.57 Å². The van der Waals surface area contributed by atoms with E-state index < -0.39 is 0 Å². The second kappa shape index (κ2) is 3.52. The summed E-state index contributed by atoms with van der Waals surface area (Å²) in [6.07, 6.45) is 3.75. The van der Waals surface area contributed by atoms with Crippen LogP contribution in [0, 0.1) is 5.41 Å². The lowest BCUT2D eigenvalue weighted by atomic mass is 9.98. The topological polar surface area (TPSA) is 44.5 Å². The van der Waals surface area contributed by atoms with Gasteiger partial charge in [0.1, 0.15) is 0 Å². The predicted molar refractivity (Wildman–Crippen MR) is 42.9 cm³/mol. The van der Waals surface area contributed by atoms with Crippen LogP contribution in [0.5, 0.6) is 0 Å². The SMILES string of the molecule is CCC(OC)C1(CON)CC1. The van der Waals surface area contributed by atoms with Gasteiger partial charge in [-0.3, -0.25) is 0 Å². The van der Waals surface area contributed by atoms with Crippen LogP contribution in [-0.4, -0.2) is 19.8 Å². The molecule has 1 rings (SSSR count). The molecule has 0 radical (unpaired) electrons. The van der Waals surface area contributed by atoms with E-state index >= 15 is 0 Å². The molecular formula is C8H17NO2. The van der Waals surface area contributed by atoms with E-state index in [9.17, 15) is 0 Å². The van der Waals surface area contributed by atoms with E-state index in [1.807, 2.05) is 0 Å². The highest BCUT2D eigenvalue weighted by atomic mass is 16.6. The Hall–Kier alpha value is -0.120. The summed E-state index contributed by atoms with van der Waals surface area (Å²) in [6.45, 7) is 2.77. The zero-order valence-electron chi connectivity index (χ0n) is 7.30. The highest BCUT2D eigenvalue weighted by Gasteiger charge is 2.49. The Morgan fingerprint density at radius 1 is 1.55 bits per heavy atom. The summed E-state index contributed by atoms with van der Waals surface area (Å²) in [4.78, 5) is 4.67. The van der Waals surface area contributed by atoms with Crippen LogP contribution >= 0.6 is 0 Å². The van der Waals surface area contributed by atoms with Crippen LogP contribution in [0.25, 0.3) is 0 Å². The van der Waals surface area contributed by atoms with Crippen molar-refractivity contribution in [1.29, 1.82) is 0 Å². The van der Waals surface area contributed by atoms with Gasteiger partial charge in [-0.25, -0.2) is 5.90 Å². The average Bonchev–Trinajstić information content (AvgIpc) is 2.73. The van der Waals surface area contributed by atoms with Crippen LogP contribution in [-0.2, 0) is 9.57 Å². The van der Waals surface area contributed by atoms with Crippen molar-refractivity contribution in [1.82, 2.24) is 0 Å². The van der Waals surface area contributed by atoms with Gasteiger partial charge in [0.05, 0.1) is 12.7 Å². The molecule has 1 unspecified atom stereocenters. The number of hydrogen-bond acceptors (Lipinski definition) is 3. The second-order valence-electron chi connectivity index (χ2n) is 3.31. The minimum absolute atomic E-state index is 0.248.